The molecule has 136 valence electrons. The SMILES string of the molecule is O=C(N[C@@H]1CCCC[C@H]1N1C(=O)CSC1=O)c1cc(-c2ccco2)on1. The second-order valence-electron chi connectivity index (χ2n) is 6.30. The fourth-order valence-corrected chi connectivity index (χ4v) is 4.20. The van der Waals surface area contributed by atoms with E-state index in [9.17, 15) is 14.4 Å². The topological polar surface area (TPSA) is 106 Å². The van der Waals surface area contributed by atoms with Crippen molar-refractivity contribution in [1.29, 1.82) is 0 Å². The second kappa shape index (κ2) is 6.99. The van der Waals surface area contributed by atoms with Crippen molar-refractivity contribution in [1.82, 2.24) is 15.4 Å². The van der Waals surface area contributed by atoms with Crippen molar-refractivity contribution in [3.8, 4) is 11.5 Å². The fraction of sp³-hybridized carbons (Fsp3) is 0.412. The van der Waals surface area contributed by atoms with Crippen molar-refractivity contribution in [3.63, 3.8) is 0 Å². The lowest BCUT2D eigenvalue weighted by Crippen LogP contribution is -2.54. The predicted molar refractivity (Wildman–Crippen MR) is 92.4 cm³/mol. The second-order valence-corrected chi connectivity index (χ2v) is 7.23. The minimum Gasteiger partial charge on any atom is -0.461 e. The Morgan fingerprint density at radius 3 is 2.85 bits per heavy atom. The third-order valence-corrected chi connectivity index (χ3v) is 5.50. The predicted octanol–water partition coefficient (Wildman–Crippen LogP) is 2.67. The van der Waals surface area contributed by atoms with Crippen LogP contribution >= 0.6 is 11.8 Å². The molecule has 2 atom stereocenters. The molecule has 1 aliphatic heterocycles. The molecular formula is C17H17N3O5S. The summed E-state index contributed by atoms with van der Waals surface area (Å²) in [6.07, 6.45) is 4.76. The number of hydrogen-bond donors (Lipinski definition) is 1. The Bertz CT molecular complexity index is 815. The number of aromatic nitrogens is 1. The van der Waals surface area contributed by atoms with Gasteiger partial charge in [-0.15, -0.1) is 0 Å². The van der Waals surface area contributed by atoms with E-state index in [0.29, 0.717) is 24.4 Å². The minimum absolute atomic E-state index is 0.133. The highest BCUT2D eigenvalue weighted by atomic mass is 32.2. The van der Waals surface area contributed by atoms with Gasteiger partial charge in [0.2, 0.25) is 11.7 Å². The summed E-state index contributed by atoms with van der Waals surface area (Å²) in [4.78, 5) is 38.0. The van der Waals surface area contributed by atoms with Gasteiger partial charge in [-0.2, -0.15) is 0 Å². The molecule has 0 unspecified atom stereocenters. The molecule has 2 aromatic rings. The van der Waals surface area contributed by atoms with Crippen LogP contribution in [0.1, 0.15) is 36.2 Å². The van der Waals surface area contributed by atoms with Crippen LogP contribution in [0, 0.1) is 0 Å². The van der Waals surface area contributed by atoms with Gasteiger partial charge in [-0.25, -0.2) is 0 Å². The smallest absolute Gasteiger partial charge is 0.289 e. The third kappa shape index (κ3) is 3.14. The number of nitrogens with zero attached hydrogens (tertiary/aromatic N) is 2. The van der Waals surface area contributed by atoms with Crippen LogP contribution in [-0.4, -0.2) is 44.9 Å². The van der Waals surface area contributed by atoms with Gasteiger partial charge < -0.3 is 14.3 Å². The van der Waals surface area contributed by atoms with Crippen LogP contribution in [0.4, 0.5) is 4.79 Å². The summed E-state index contributed by atoms with van der Waals surface area (Å²) in [6, 6.07) is 4.34. The number of imide groups is 1. The molecule has 1 saturated heterocycles. The third-order valence-electron chi connectivity index (χ3n) is 4.67. The van der Waals surface area contributed by atoms with Gasteiger partial charge in [-0.3, -0.25) is 19.3 Å². The molecule has 0 bridgehead atoms. The molecule has 1 saturated carbocycles. The van der Waals surface area contributed by atoms with E-state index < -0.39 is 5.91 Å². The average Bonchev–Trinajstić information content (AvgIpc) is 3.37. The summed E-state index contributed by atoms with van der Waals surface area (Å²) in [5.74, 6) is 0.438. The van der Waals surface area contributed by atoms with Gasteiger partial charge in [0.05, 0.1) is 24.1 Å². The van der Waals surface area contributed by atoms with Crippen molar-refractivity contribution in [2.24, 2.45) is 0 Å². The molecule has 0 radical (unpaired) electrons. The molecule has 2 aromatic heterocycles. The first kappa shape index (κ1) is 16.9. The van der Waals surface area contributed by atoms with E-state index in [2.05, 4.69) is 10.5 Å². The summed E-state index contributed by atoms with van der Waals surface area (Å²) in [6.45, 7) is 0. The number of rotatable bonds is 4. The molecule has 1 aliphatic carbocycles. The van der Waals surface area contributed by atoms with Crippen LogP contribution < -0.4 is 5.32 Å². The molecule has 8 nitrogen and oxygen atoms in total. The average molecular weight is 375 g/mol. The molecular weight excluding hydrogens is 358 g/mol. The van der Waals surface area contributed by atoms with E-state index in [1.807, 2.05) is 0 Å². The molecule has 0 spiro atoms. The largest absolute Gasteiger partial charge is 0.461 e. The van der Waals surface area contributed by atoms with Crippen molar-refractivity contribution in [2.45, 2.75) is 37.8 Å². The number of thioether (sulfide) groups is 1. The van der Waals surface area contributed by atoms with E-state index in [-0.39, 0.29) is 34.7 Å². The molecule has 3 heterocycles. The van der Waals surface area contributed by atoms with E-state index in [4.69, 9.17) is 8.94 Å². The summed E-state index contributed by atoms with van der Waals surface area (Å²) in [5.41, 5.74) is 0.133. The molecule has 0 aromatic carbocycles. The summed E-state index contributed by atoms with van der Waals surface area (Å²) in [5, 5.41) is 6.47. The number of amides is 3. The van der Waals surface area contributed by atoms with Crippen LogP contribution in [0.15, 0.2) is 33.4 Å². The van der Waals surface area contributed by atoms with Crippen LogP contribution in [0.2, 0.25) is 0 Å². The number of carbonyl (C=O) groups excluding carboxylic acids is 3. The number of nitrogens with one attached hydrogen (secondary N) is 1. The number of furan rings is 1. The van der Waals surface area contributed by atoms with E-state index >= 15 is 0 Å². The Hall–Kier alpha value is -2.55. The van der Waals surface area contributed by atoms with Crippen molar-refractivity contribution in [3.05, 3.63) is 30.2 Å². The summed E-state index contributed by atoms with van der Waals surface area (Å²) >= 11 is 1.01. The zero-order valence-electron chi connectivity index (χ0n) is 13.8. The minimum atomic E-state index is -0.393. The maximum atomic E-state index is 12.6. The highest BCUT2D eigenvalue weighted by molar-refractivity contribution is 8.14. The maximum Gasteiger partial charge on any atom is 0.289 e. The molecule has 9 heteroatoms. The summed E-state index contributed by atoms with van der Waals surface area (Å²) in [7, 11) is 0. The lowest BCUT2D eigenvalue weighted by atomic mass is 9.89. The zero-order valence-corrected chi connectivity index (χ0v) is 14.7. The first-order valence-corrected chi connectivity index (χ1v) is 9.42. The molecule has 3 amide bonds. The Labute approximate surface area is 153 Å². The molecule has 2 fully saturated rings. The van der Waals surface area contributed by atoms with Crippen LogP contribution in [0.5, 0.6) is 0 Å². The van der Waals surface area contributed by atoms with Gasteiger partial charge in [-0.05, 0) is 25.0 Å². The highest BCUT2D eigenvalue weighted by Gasteiger charge is 2.41. The van der Waals surface area contributed by atoms with Crippen LogP contribution in [-0.2, 0) is 4.79 Å². The Balaban J connectivity index is 1.48. The Morgan fingerprint density at radius 1 is 1.27 bits per heavy atom. The first-order valence-electron chi connectivity index (χ1n) is 8.44. The van der Waals surface area contributed by atoms with Gasteiger partial charge >= 0.3 is 0 Å². The lowest BCUT2D eigenvalue weighted by Gasteiger charge is -2.36. The first-order chi connectivity index (χ1) is 12.6. The fourth-order valence-electron chi connectivity index (χ4n) is 3.43. The van der Waals surface area contributed by atoms with Crippen LogP contribution in [0.25, 0.3) is 11.5 Å². The van der Waals surface area contributed by atoms with Gasteiger partial charge in [0.25, 0.3) is 11.1 Å². The quantitative estimate of drug-likeness (QED) is 0.875. The van der Waals surface area contributed by atoms with Gasteiger partial charge in [0.15, 0.2) is 11.5 Å². The van der Waals surface area contributed by atoms with Gasteiger partial charge in [-0.1, -0.05) is 29.8 Å². The van der Waals surface area contributed by atoms with Gasteiger partial charge in [0, 0.05) is 6.07 Å². The zero-order chi connectivity index (χ0) is 18.1. The Morgan fingerprint density at radius 2 is 2.12 bits per heavy atom. The maximum absolute atomic E-state index is 12.6. The Kier molecular flexibility index (Phi) is 4.54. The highest BCUT2D eigenvalue weighted by Crippen LogP contribution is 2.30. The molecule has 1 N–H and O–H groups in total. The monoisotopic (exact) mass is 375 g/mol. The number of hydrogen-bond acceptors (Lipinski definition) is 7. The normalized spacial score (nSPS) is 23.5. The van der Waals surface area contributed by atoms with E-state index in [1.54, 1.807) is 12.1 Å². The molecule has 26 heavy (non-hydrogen) atoms. The van der Waals surface area contributed by atoms with E-state index in [1.165, 1.54) is 17.2 Å². The standard InChI is InChI=1S/C17H17N3O5S/c21-15-9-26-17(23)20(15)12-5-2-1-4-10(12)18-16(22)11-8-14(25-19-11)13-6-3-7-24-13/h3,6-8,10,12H,1-2,4-5,9H2,(H,18,22)/t10-,12-/m1/s1. The number of carbonyl (C=O) groups is 3. The van der Waals surface area contributed by atoms with Crippen molar-refractivity contribution < 1.29 is 23.3 Å². The van der Waals surface area contributed by atoms with Gasteiger partial charge in [0.1, 0.15) is 0 Å². The molecule has 4 rings (SSSR count). The lowest BCUT2D eigenvalue weighted by molar-refractivity contribution is -0.127. The van der Waals surface area contributed by atoms with Crippen LogP contribution in [0.3, 0.4) is 0 Å². The van der Waals surface area contributed by atoms with Crippen molar-refractivity contribution >= 4 is 28.8 Å². The van der Waals surface area contributed by atoms with E-state index in [0.717, 1.165) is 24.6 Å². The summed E-state index contributed by atoms with van der Waals surface area (Å²) < 4.78 is 10.4. The molecule has 2 aliphatic rings. The van der Waals surface area contributed by atoms with Crippen molar-refractivity contribution in [2.75, 3.05) is 5.75 Å².